The third-order valence-corrected chi connectivity index (χ3v) is 7.04. The van der Waals surface area contributed by atoms with E-state index in [0.717, 1.165) is 39.2 Å². The average Bonchev–Trinajstić information content (AvgIpc) is 2.76. The van der Waals surface area contributed by atoms with Gasteiger partial charge in [0, 0.05) is 12.6 Å². The molecule has 2 atom stereocenters. The van der Waals surface area contributed by atoms with Crippen molar-refractivity contribution in [3.05, 3.63) is 64.7 Å². The van der Waals surface area contributed by atoms with Gasteiger partial charge in [-0.05, 0) is 63.8 Å². The summed E-state index contributed by atoms with van der Waals surface area (Å²) in [6.45, 7) is 11.0. The second kappa shape index (κ2) is 11.5. The van der Waals surface area contributed by atoms with Gasteiger partial charge in [-0.1, -0.05) is 48.9 Å². The Morgan fingerprint density at radius 2 is 1.65 bits per heavy atom. The van der Waals surface area contributed by atoms with E-state index in [1.54, 1.807) is 13.0 Å². The Morgan fingerprint density at radius 3 is 2.24 bits per heavy atom. The molecule has 186 valence electrons. The number of carbonyl (C=O) groups excluding carboxylic acids is 2. The van der Waals surface area contributed by atoms with Crippen LogP contribution < -0.4 is 9.62 Å². The molecule has 7 nitrogen and oxygen atoms in total. The van der Waals surface area contributed by atoms with Crippen molar-refractivity contribution in [2.75, 3.05) is 17.1 Å². The summed E-state index contributed by atoms with van der Waals surface area (Å²) in [7, 11) is -3.75. The number of rotatable bonds is 10. The highest BCUT2D eigenvalue weighted by molar-refractivity contribution is 7.92. The van der Waals surface area contributed by atoms with Crippen molar-refractivity contribution >= 4 is 27.5 Å². The summed E-state index contributed by atoms with van der Waals surface area (Å²) in [5.74, 6) is -0.715. The van der Waals surface area contributed by atoms with E-state index in [1.165, 1.54) is 4.90 Å². The number of anilines is 1. The average molecular weight is 488 g/mol. The van der Waals surface area contributed by atoms with Gasteiger partial charge in [0.25, 0.3) is 0 Å². The lowest BCUT2D eigenvalue weighted by Crippen LogP contribution is -2.52. The molecule has 0 aromatic heterocycles. The van der Waals surface area contributed by atoms with Crippen LogP contribution in [0.3, 0.4) is 0 Å². The number of benzene rings is 2. The minimum Gasteiger partial charge on any atom is -0.352 e. The SMILES string of the molecule is CC[C@H](C)NC(=O)[C@@H](C)N(Cc1cccc(C)c1)C(=O)CN(c1cc(C)ccc1C)S(C)(=O)=O. The van der Waals surface area contributed by atoms with Gasteiger partial charge in [0.15, 0.2) is 0 Å². The van der Waals surface area contributed by atoms with Gasteiger partial charge in [0.2, 0.25) is 21.8 Å². The third kappa shape index (κ3) is 7.32. The number of nitrogens with zero attached hydrogens (tertiary/aromatic N) is 2. The zero-order valence-corrected chi connectivity index (χ0v) is 22.1. The molecular formula is C26H37N3O4S. The Kier molecular flexibility index (Phi) is 9.27. The van der Waals surface area contributed by atoms with E-state index in [-0.39, 0.29) is 18.5 Å². The lowest BCUT2D eigenvalue weighted by Gasteiger charge is -2.32. The quantitative estimate of drug-likeness (QED) is 0.554. The number of hydrogen-bond acceptors (Lipinski definition) is 4. The molecule has 2 amide bonds. The van der Waals surface area contributed by atoms with E-state index in [0.29, 0.717) is 5.69 Å². The predicted octanol–water partition coefficient (Wildman–Crippen LogP) is 3.71. The van der Waals surface area contributed by atoms with E-state index >= 15 is 0 Å². The van der Waals surface area contributed by atoms with Crippen LogP contribution in [0.1, 0.15) is 49.4 Å². The monoisotopic (exact) mass is 487 g/mol. The second-order valence-corrected chi connectivity index (χ2v) is 11.0. The molecule has 0 bridgehead atoms. The molecule has 0 unspecified atom stereocenters. The summed E-state index contributed by atoms with van der Waals surface area (Å²) in [6.07, 6.45) is 1.85. The largest absolute Gasteiger partial charge is 0.352 e. The number of amides is 2. The van der Waals surface area contributed by atoms with Crippen LogP contribution in [0, 0.1) is 20.8 Å². The van der Waals surface area contributed by atoms with Crippen LogP contribution in [0.15, 0.2) is 42.5 Å². The van der Waals surface area contributed by atoms with Crippen LogP contribution in [0.25, 0.3) is 0 Å². The van der Waals surface area contributed by atoms with Gasteiger partial charge < -0.3 is 10.2 Å². The summed E-state index contributed by atoms with van der Waals surface area (Å²) in [6, 6.07) is 12.4. The molecule has 0 saturated carbocycles. The molecule has 0 fully saturated rings. The Balaban J connectivity index is 2.43. The van der Waals surface area contributed by atoms with E-state index in [2.05, 4.69) is 5.32 Å². The van der Waals surface area contributed by atoms with E-state index in [4.69, 9.17) is 0 Å². The van der Waals surface area contributed by atoms with Gasteiger partial charge in [-0.15, -0.1) is 0 Å². The van der Waals surface area contributed by atoms with Crippen molar-refractivity contribution in [2.24, 2.45) is 0 Å². The zero-order chi connectivity index (χ0) is 25.6. The molecule has 2 aromatic carbocycles. The van der Waals surface area contributed by atoms with Crippen LogP contribution >= 0.6 is 0 Å². The van der Waals surface area contributed by atoms with Crippen LogP contribution in [0.4, 0.5) is 5.69 Å². The van der Waals surface area contributed by atoms with Crippen LogP contribution in [-0.2, 0) is 26.2 Å². The first-order valence-corrected chi connectivity index (χ1v) is 13.4. The maximum Gasteiger partial charge on any atom is 0.244 e. The van der Waals surface area contributed by atoms with Gasteiger partial charge in [-0.2, -0.15) is 0 Å². The fraction of sp³-hybridized carbons (Fsp3) is 0.462. The molecule has 2 aromatic rings. The van der Waals surface area contributed by atoms with Crippen LogP contribution in [0.5, 0.6) is 0 Å². The summed E-state index contributed by atoms with van der Waals surface area (Å²) < 4.78 is 26.6. The summed E-state index contributed by atoms with van der Waals surface area (Å²) >= 11 is 0. The Hall–Kier alpha value is -2.87. The summed E-state index contributed by atoms with van der Waals surface area (Å²) in [5.41, 5.74) is 4.00. The molecule has 8 heteroatoms. The number of carbonyl (C=O) groups is 2. The molecule has 2 rings (SSSR count). The molecule has 1 N–H and O–H groups in total. The summed E-state index contributed by atoms with van der Waals surface area (Å²) in [4.78, 5) is 28.0. The van der Waals surface area contributed by atoms with E-state index in [9.17, 15) is 18.0 Å². The molecule has 0 saturated heterocycles. The highest BCUT2D eigenvalue weighted by Gasteiger charge is 2.31. The fourth-order valence-electron chi connectivity index (χ4n) is 3.64. The van der Waals surface area contributed by atoms with Gasteiger partial charge in [0.05, 0.1) is 11.9 Å². The van der Waals surface area contributed by atoms with Crippen molar-refractivity contribution in [2.45, 2.75) is 66.6 Å². The summed E-state index contributed by atoms with van der Waals surface area (Å²) in [5, 5.41) is 2.93. The third-order valence-electron chi connectivity index (χ3n) is 5.92. The second-order valence-electron chi connectivity index (χ2n) is 9.06. The number of nitrogens with one attached hydrogen (secondary N) is 1. The van der Waals surface area contributed by atoms with Gasteiger partial charge in [-0.25, -0.2) is 8.42 Å². The van der Waals surface area contributed by atoms with Gasteiger partial charge in [0.1, 0.15) is 12.6 Å². The maximum absolute atomic E-state index is 13.6. The smallest absolute Gasteiger partial charge is 0.244 e. The first-order valence-electron chi connectivity index (χ1n) is 11.5. The highest BCUT2D eigenvalue weighted by atomic mass is 32.2. The zero-order valence-electron chi connectivity index (χ0n) is 21.3. The van der Waals surface area contributed by atoms with Crippen molar-refractivity contribution in [1.82, 2.24) is 10.2 Å². The minimum atomic E-state index is -3.75. The standard InChI is InChI=1S/C26H37N3O4S/c1-8-21(5)27-26(31)22(6)28(16-23-11-9-10-18(2)14-23)25(30)17-29(34(7,32)33)24-15-19(3)12-13-20(24)4/h9-15,21-22H,8,16-17H2,1-7H3,(H,27,31)/t21-,22+/m0/s1. The maximum atomic E-state index is 13.6. The fourth-order valence-corrected chi connectivity index (χ4v) is 4.54. The van der Waals surface area contributed by atoms with Crippen molar-refractivity contribution in [3.63, 3.8) is 0 Å². The van der Waals surface area contributed by atoms with E-state index in [1.807, 2.05) is 71.0 Å². The Bertz CT molecular complexity index is 1130. The molecule has 0 spiro atoms. The Morgan fingerprint density at radius 1 is 1.00 bits per heavy atom. The lowest BCUT2D eigenvalue weighted by atomic mass is 10.1. The predicted molar refractivity (Wildman–Crippen MR) is 137 cm³/mol. The van der Waals surface area contributed by atoms with Crippen molar-refractivity contribution in [1.29, 1.82) is 0 Å². The minimum absolute atomic E-state index is 0.0340. The number of aryl methyl sites for hydroxylation is 3. The van der Waals surface area contributed by atoms with Crippen LogP contribution in [-0.4, -0.2) is 50.0 Å². The Labute approximate surface area is 204 Å². The molecule has 0 heterocycles. The number of sulfonamides is 1. The first kappa shape index (κ1) is 27.4. The molecule has 0 radical (unpaired) electrons. The molecular weight excluding hydrogens is 450 g/mol. The first-order chi connectivity index (χ1) is 15.8. The van der Waals surface area contributed by atoms with Crippen LogP contribution in [0.2, 0.25) is 0 Å². The van der Waals surface area contributed by atoms with Crippen molar-refractivity contribution in [3.8, 4) is 0 Å². The van der Waals surface area contributed by atoms with Crippen molar-refractivity contribution < 1.29 is 18.0 Å². The lowest BCUT2D eigenvalue weighted by molar-refractivity contribution is -0.139. The molecule has 0 aliphatic heterocycles. The van der Waals surface area contributed by atoms with Gasteiger partial charge in [-0.3, -0.25) is 13.9 Å². The molecule has 0 aliphatic carbocycles. The number of hydrogen-bond donors (Lipinski definition) is 1. The van der Waals surface area contributed by atoms with E-state index < -0.39 is 28.5 Å². The highest BCUT2D eigenvalue weighted by Crippen LogP contribution is 2.24. The molecule has 0 aliphatic rings. The van der Waals surface area contributed by atoms with Gasteiger partial charge >= 0.3 is 0 Å². The molecule has 34 heavy (non-hydrogen) atoms. The normalized spacial score (nSPS) is 13.1. The topological polar surface area (TPSA) is 86.8 Å².